The summed E-state index contributed by atoms with van der Waals surface area (Å²) in [5.41, 5.74) is 0.297. The SMILES string of the molecule is CCOC(=O)/C(C#N)=C/c1ccc(F)c(Oc2ccccc2)c1. The monoisotopic (exact) mass is 311 g/mol. The molecule has 5 heteroatoms. The zero-order valence-electron chi connectivity index (χ0n) is 12.5. The number of carbonyl (C=O) groups is 1. The zero-order valence-corrected chi connectivity index (χ0v) is 12.5. The molecule has 0 aromatic heterocycles. The molecule has 0 spiro atoms. The second-order valence-electron chi connectivity index (χ2n) is 4.50. The summed E-state index contributed by atoms with van der Waals surface area (Å²) < 4.78 is 24.1. The highest BCUT2D eigenvalue weighted by atomic mass is 19.1. The van der Waals surface area contributed by atoms with Gasteiger partial charge >= 0.3 is 5.97 Å². The Balaban J connectivity index is 2.29. The molecular weight excluding hydrogens is 297 g/mol. The molecule has 0 atom stereocenters. The Hall–Kier alpha value is -3.13. The highest BCUT2D eigenvalue weighted by Crippen LogP contribution is 2.26. The molecule has 0 aliphatic rings. The molecule has 23 heavy (non-hydrogen) atoms. The second kappa shape index (κ2) is 7.76. The maximum absolute atomic E-state index is 13.9. The van der Waals surface area contributed by atoms with Crippen molar-refractivity contribution in [2.45, 2.75) is 6.92 Å². The summed E-state index contributed by atoms with van der Waals surface area (Å²) in [4.78, 5) is 11.6. The fourth-order valence-corrected chi connectivity index (χ4v) is 1.82. The van der Waals surface area contributed by atoms with Crippen molar-refractivity contribution in [2.24, 2.45) is 0 Å². The van der Waals surface area contributed by atoms with Gasteiger partial charge in [-0.25, -0.2) is 9.18 Å². The molecule has 0 bridgehead atoms. The number of hydrogen-bond donors (Lipinski definition) is 0. The number of esters is 1. The van der Waals surface area contributed by atoms with E-state index in [0.717, 1.165) is 0 Å². The van der Waals surface area contributed by atoms with Crippen LogP contribution in [-0.4, -0.2) is 12.6 Å². The Bertz CT molecular complexity index is 764. The smallest absolute Gasteiger partial charge is 0.348 e. The van der Waals surface area contributed by atoms with Crippen LogP contribution in [0.5, 0.6) is 11.5 Å². The molecule has 0 unspecified atom stereocenters. The average Bonchev–Trinajstić information content (AvgIpc) is 2.56. The van der Waals surface area contributed by atoms with E-state index in [-0.39, 0.29) is 17.9 Å². The van der Waals surface area contributed by atoms with E-state index in [1.165, 1.54) is 24.3 Å². The first-order chi connectivity index (χ1) is 11.1. The van der Waals surface area contributed by atoms with E-state index in [9.17, 15) is 9.18 Å². The summed E-state index contributed by atoms with van der Waals surface area (Å²) in [5, 5.41) is 9.02. The summed E-state index contributed by atoms with van der Waals surface area (Å²) in [6.45, 7) is 1.82. The Morgan fingerprint density at radius 3 is 2.65 bits per heavy atom. The lowest BCUT2D eigenvalue weighted by Gasteiger charge is -2.07. The van der Waals surface area contributed by atoms with Gasteiger partial charge in [0, 0.05) is 0 Å². The van der Waals surface area contributed by atoms with Crippen molar-refractivity contribution in [1.29, 1.82) is 5.26 Å². The van der Waals surface area contributed by atoms with Crippen molar-refractivity contribution in [3.8, 4) is 17.6 Å². The number of para-hydroxylation sites is 1. The van der Waals surface area contributed by atoms with Gasteiger partial charge in [0.2, 0.25) is 0 Å². The lowest BCUT2D eigenvalue weighted by atomic mass is 10.1. The van der Waals surface area contributed by atoms with Crippen LogP contribution in [-0.2, 0) is 9.53 Å². The quantitative estimate of drug-likeness (QED) is 0.474. The zero-order chi connectivity index (χ0) is 16.7. The van der Waals surface area contributed by atoms with Crippen molar-refractivity contribution >= 4 is 12.0 Å². The first-order valence-corrected chi connectivity index (χ1v) is 6.95. The van der Waals surface area contributed by atoms with Crippen LogP contribution in [0.2, 0.25) is 0 Å². The number of halogens is 1. The van der Waals surface area contributed by atoms with Crippen molar-refractivity contribution in [3.05, 3.63) is 65.5 Å². The van der Waals surface area contributed by atoms with E-state index in [2.05, 4.69) is 0 Å². The summed E-state index contributed by atoms with van der Waals surface area (Å²) >= 11 is 0. The predicted octanol–water partition coefficient (Wildman–Crippen LogP) is 4.09. The maximum Gasteiger partial charge on any atom is 0.348 e. The van der Waals surface area contributed by atoms with E-state index in [1.54, 1.807) is 37.3 Å². The van der Waals surface area contributed by atoms with Gasteiger partial charge in [0.25, 0.3) is 0 Å². The van der Waals surface area contributed by atoms with Crippen LogP contribution in [0, 0.1) is 17.1 Å². The summed E-state index contributed by atoms with van der Waals surface area (Å²) in [7, 11) is 0. The lowest BCUT2D eigenvalue weighted by Crippen LogP contribution is -2.06. The predicted molar refractivity (Wildman–Crippen MR) is 83.1 cm³/mol. The van der Waals surface area contributed by atoms with E-state index in [1.807, 2.05) is 6.07 Å². The highest BCUT2D eigenvalue weighted by molar-refractivity contribution is 5.97. The first-order valence-electron chi connectivity index (χ1n) is 6.95. The molecule has 4 nitrogen and oxygen atoms in total. The van der Waals surface area contributed by atoms with Crippen molar-refractivity contribution < 1.29 is 18.7 Å². The van der Waals surface area contributed by atoms with Crippen molar-refractivity contribution in [3.63, 3.8) is 0 Å². The van der Waals surface area contributed by atoms with Gasteiger partial charge in [0.05, 0.1) is 6.61 Å². The number of hydrogen-bond acceptors (Lipinski definition) is 4. The second-order valence-corrected chi connectivity index (χ2v) is 4.50. The van der Waals surface area contributed by atoms with Crippen molar-refractivity contribution in [1.82, 2.24) is 0 Å². The molecule has 0 aliphatic carbocycles. The minimum absolute atomic E-state index is 0.00565. The molecule has 0 amide bonds. The van der Waals surface area contributed by atoms with Gasteiger partial charge in [-0.05, 0) is 42.8 Å². The molecule has 2 aromatic rings. The van der Waals surface area contributed by atoms with Gasteiger partial charge in [-0.15, -0.1) is 0 Å². The fraction of sp³-hybridized carbons (Fsp3) is 0.111. The first kappa shape index (κ1) is 16.2. The van der Waals surface area contributed by atoms with Crippen LogP contribution in [0.1, 0.15) is 12.5 Å². The third-order valence-corrected chi connectivity index (χ3v) is 2.85. The minimum Gasteiger partial charge on any atom is -0.462 e. The summed E-state index contributed by atoms with van der Waals surface area (Å²) in [6.07, 6.45) is 1.33. The third-order valence-electron chi connectivity index (χ3n) is 2.85. The Morgan fingerprint density at radius 2 is 2.00 bits per heavy atom. The topological polar surface area (TPSA) is 59.3 Å². The fourth-order valence-electron chi connectivity index (χ4n) is 1.82. The molecule has 2 aromatic carbocycles. The largest absolute Gasteiger partial charge is 0.462 e. The number of benzene rings is 2. The molecule has 0 fully saturated rings. The van der Waals surface area contributed by atoms with Crippen LogP contribution >= 0.6 is 0 Å². The number of rotatable bonds is 5. The van der Waals surface area contributed by atoms with E-state index in [4.69, 9.17) is 14.7 Å². The molecule has 0 heterocycles. The van der Waals surface area contributed by atoms with Gasteiger partial charge in [-0.3, -0.25) is 0 Å². The molecule has 0 radical (unpaired) electrons. The Morgan fingerprint density at radius 1 is 1.26 bits per heavy atom. The van der Waals surface area contributed by atoms with Crippen LogP contribution in [0.4, 0.5) is 4.39 Å². The van der Waals surface area contributed by atoms with E-state index < -0.39 is 11.8 Å². The third kappa shape index (κ3) is 4.42. The minimum atomic E-state index is -0.718. The van der Waals surface area contributed by atoms with Crippen LogP contribution in [0.25, 0.3) is 6.08 Å². The maximum atomic E-state index is 13.9. The number of carbonyl (C=O) groups excluding carboxylic acids is 1. The highest BCUT2D eigenvalue weighted by Gasteiger charge is 2.11. The standard InChI is InChI=1S/C18H14FNO3/c1-2-22-18(21)14(12-20)10-13-8-9-16(19)17(11-13)23-15-6-4-3-5-7-15/h3-11H,2H2,1H3/b14-10+. The van der Waals surface area contributed by atoms with Gasteiger partial charge in [-0.1, -0.05) is 24.3 Å². The van der Waals surface area contributed by atoms with E-state index in [0.29, 0.717) is 11.3 Å². The Kier molecular flexibility index (Phi) is 5.48. The molecule has 0 aliphatic heterocycles. The Labute approximate surface area is 133 Å². The lowest BCUT2D eigenvalue weighted by molar-refractivity contribution is -0.137. The van der Waals surface area contributed by atoms with Gasteiger partial charge < -0.3 is 9.47 Å². The number of ether oxygens (including phenoxy) is 2. The number of nitriles is 1. The molecular formula is C18H14FNO3. The normalized spacial score (nSPS) is 10.7. The van der Waals surface area contributed by atoms with Crippen LogP contribution in [0.3, 0.4) is 0 Å². The molecule has 0 N–H and O–H groups in total. The molecule has 116 valence electrons. The molecule has 0 saturated carbocycles. The average molecular weight is 311 g/mol. The van der Waals surface area contributed by atoms with Gasteiger partial charge in [0.1, 0.15) is 17.4 Å². The molecule has 2 rings (SSSR count). The van der Waals surface area contributed by atoms with Crippen molar-refractivity contribution in [2.75, 3.05) is 6.61 Å². The number of nitrogens with zero attached hydrogens (tertiary/aromatic N) is 1. The van der Waals surface area contributed by atoms with E-state index >= 15 is 0 Å². The van der Waals surface area contributed by atoms with Gasteiger partial charge in [0.15, 0.2) is 11.6 Å². The summed E-state index contributed by atoms with van der Waals surface area (Å²) in [6, 6.07) is 14.6. The van der Waals surface area contributed by atoms with Crippen LogP contribution < -0.4 is 4.74 Å². The summed E-state index contributed by atoms with van der Waals surface area (Å²) in [5.74, 6) is -0.768. The van der Waals surface area contributed by atoms with Crippen LogP contribution in [0.15, 0.2) is 54.1 Å². The molecule has 0 saturated heterocycles. The van der Waals surface area contributed by atoms with Gasteiger partial charge in [-0.2, -0.15) is 5.26 Å².